The molecule has 5 aliphatic rings. The van der Waals surface area contributed by atoms with Crippen molar-refractivity contribution in [2.24, 2.45) is 35.5 Å². The molecule has 1 atom stereocenters. The van der Waals surface area contributed by atoms with Gasteiger partial charge in [0.15, 0.2) is 5.60 Å². The molecule has 5 saturated carbocycles. The van der Waals surface area contributed by atoms with Crippen molar-refractivity contribution in [3.63, 3.8) is 0 Å². The lowest BCUT2D eigenvalue weighted by molar-refractivity contribution is -0.206. The minimum Gasteiger partial charge on any atom is -0.479 e. The van der Waals surface area contributed by atoms with E-state index in [2.05, 4.69) is 0 Å². The third-order valence-corrected chi connectivity index (χ3v) is 6.81. The minimum absolute atomic E-state index is 0.0209. The largest absolute Gasteiger partial charge is 0.479 e. The highest BCUT2D eigenvalue weighted by Crippen LogP contribution is 2.61. The van der Waals surface area contributed by atoms with E-state index < -0.39 is 11.6 Å². The second-order valence-corrected chi connectivity index (χ2v) is 7.71. The molecule has 19 heavy (non-hydrogen) atoms. The molecule has 0 saturated heterocycles. The molecule has 3 heteroatoms. The van der Waals surface area contributed by atoms with Gasteiger partial charge in [-0.15, -0.1) is 0 Å². The van der Waals surface area contributed by atoms with Crippen LogP contribution in [0.3, 0.4) is 0 Å². The van der Waals surface area contributed by atoms with E-state index in [0.717, 1.165) is 31.1 Å². The van der Waals surface area contributed by atoms with Gasteiger partial charge in [0.2, 0.25) is 0 Å². The molecule has 0 aromatic heterocycles. The fraction of sp³-hybridized carbons (Fsp3) is 0.938. The number of aliphatic hydroxyl groups is 1. The molecule has 1 unspecified atom stereocenters. The van der Waals surface area contributed by atoms with Crippen molar-refractivity contribution in [1.82, 2.24) is 0 Å². The Morgan fingerprint density at radius 2 is 1.47 bits per heavy atom. The van der Waals surface area contributed by atoms with Gasteiger partial charge in [-0.05, 0) is 74.5 Å². The number of aliphatic carboxylic acids is 1. The summed E-state index contributed by atoms with van der Waals surface area (Å²) >= 11 is 0. The lowest BCUT2D eigenvalue weighted by atomic mass is 9.46. The monoisotopic (exact) mass is 264 g/mol. The van der Waals surface area contributed by atoms with Crippen molar-refractivity contribution in [2.45, 2.75) is 57.0 Å². The summed E-state index contributed by atoms with van der Waals surface area (Å²) in [6, 6.07) is 0. The third-order valence-electron chi connectivity index (χ3n) is 6.81. The van der Waals surface area contributed by atoms with E-state index in [4.69, 9.17) is 0 Å². The Morgan fingerprint density at radius 3 is 1.84 bits per heavy atom. The van der Waals surface area contributed by atoms with E-state index in [9.17, 15) is 15.0 Å². The number of carboxylic acids is 1. The SMILES string of the molecule is O=C(O)C(O)(C1CCC1)C1C2CC3CC(C2)CC1C3. The van der Waals surface area contributed by atoms with E-state index in [-0.39, 0.29) is 11.8 Å². The summed E-state index contributed by atoms with van der Waals surface area (Å²) in [6.07, 6.45) is 9.00. The summed E-state index contributed by atoms with van der Waals surface area (Å²) in [6.45, 7) is 0. The molecule has 5 rings (SSSR count). The lowest BCUT2D eigenvalue weighted by Gasteiger charge is -2.59. The maximum Gasteiger partial charge on any atom is 0.336 e. The molecule has 2 N–H and O–H groups in total. The van der Waals surface area contributed by atoms with Gasteiger partial charge in [-0.2, -0.15) is 0 Å². The van der Waals surface area contributed by atoms with Crippen LogP contribution < -0.4 is 0 Å². The predicted molar refractivity (Wildman–Crippen MR) is 70.5 cm³/mol. The Labute approximate surface area is 114 Å². The van der Waals surface area contributed by atoms with Crippen molar-refractivity contribution in [1.29, 1.82) is 0 Å². The highest BCUT2D eigenvalue weighted by Gasteiger charge is 2.61. The van der Waals surface area contributed by atoms with Crippen LogP contribution in [0.25, 0.3) is 0 Å². The standard InChI is InChI=1S/C16H24O3/c17-15(18)16(19,13-2-1-3-13)14-11-5-9-4-10(7-11)8-12(14)6-9/h9-14,19H,1-8H2,(H,17,18). The summed E-state index contributed by atoms with van der Waals surface area (Å²) in [5, 5.41) is 20.7. The molecule has 0 aliphatic heterocycles. The van der Waals surface area contributed by atoms with Crippen LogP contribution in [0.4, 0.5) is 0 Å². The third kappa shape index (κ3) is 1.57. The Morgan fingerprint density at radius 1 is 0.947 bits per heavy atom. The number of hydrogen-bond donors (Lipinski definition) is 2. The van der Waals surface area contributed by atoms with Crippen LogP contribution in [0.1, 0.15) is 51.4 Å². The maximum atomic E-state index is 11.8. The molecule has 5 aliphatic carbocycles. The number of carboxylic acid groups (broad SMARTS) is 1. The molecule has 3 nitrogen and oxygen atoms in total. The number of carbonyl (C=O) groups is 1. The maximum absolute atomic E-state index is 11.8. The quantitative estimate of drug-likeness (QED) is 0.824. The Kier molecular flexibility index (Phi) is 2.55. The predicted octanol–water partition coefficient (Wildman–Crippen LogP) is 2.67. The van der Waals surface area contributed by atoms with Gasteiger partial charge in [-0.3, -0.25) is 0 Å². The first-order chi connectivity index (χ1) is 9.09. The molecule has 0 amide bonds. The van der Waals surface area contributed by atoms with E-state index >= 15 is 0 Å². The van der Waals surface area contributed by atoms with Crippen molar-refractivity contribution >= 4 is 5.97 Å². The topological polar surface area (TPSA) is 57.5 Å². The van der Waals surface area contributed by atoms with Crippen LogP contribution >= 0.6 is 0 Å². The van der Waals surface area contributed by atoms with Gasteiger partial charge >= 0.3 is 5.97 Å². The van der Waals surface area contributed by atoms with Gasteiger partial charge in [-0.1, -0.05) is 6.42 Å². The van der Waals surface area contributed by atoms with E-state index in [0.29, 0.717) is 11.8 Å². The molecule has 0 spiro atoms. The molecule has 4 bridgehead atoms. The van der Waals surface area contributed by atoms with Crippen LogP contribution in [0.15, 0.2) is 0 Å². The first kappa shape index (κ1) is 12.2. The highest BCUT2D eigenvalue weighted by atomic mass is 16.4. The van der Waals surface area contributed by atoms with Gasteiger partial charge in [0, 0.05) is 5.92 Å². The second kappa shape index (κ2) is 3.97. The van der Waals surface area contributed by atoms with Crippen molar-refractivity contribution in [3.8, 4) is 0 Å². The van der Waals surface area contributed by atoms with Crippen molar-refractivity contribution < 1.29 is 15.0 Å². The van der Waals surface area contributed by atoms with Gasteiger partial charge in [0.25, 0.3) is 0 Å². The van der Waals surface area contributed by atoms with E-state index in [1.165, 1.54) is 32.1 Å². The van der Waals surface area contributed by atoms with Gasteiger partial charge in [0.05, 0.1) is 0 Å². The fourth-order valence-electron chi connectivity index (χ4n) is 6.08. The van der Waals surface area contributed by atoms with E-state index in [1.54, 1.807) is 0 Å². The van der Waals surface area contributed by atoms with E-state index in [1.807, 2.05) is 0 Å². The molecular weight excluding hydrogens is 240 g/mol. The van der Waals surface area contributed by atoms with Crippen molar-refractivity contribution in [2.75, 3.05) is 0 Å². The molecule has 106 valence electrons. The Bertz CT molecular complexity index is 373. The van der Waals surface area contributed by atoms with Crippen molar-refractivity contribution in [3.05, 3.63) is 0 Å². The number of hydrogen-bond acceptors (Lipinski definition) is 2. The van der Waals surface area contributed by atoms with Crippen LogP contribution in [-0.4, -0.2) is 21.8 Å². The first-order valence-corrected chi connectivity index (χ1v) is 8.04. The van der Waals surface area contributed by atoms with Crippen LogP contribution in [0.2, 0.25) is 0 Å². The fourth-order valence-corrected chi connectivity index (χ4v) is 6.08. The molecule has 0 aromatic carbocycles. The Hall–Kier alpha value is -0.570. The molecule has 0 radical (unpaired) electrons. The molecule has 0 heterocycles. The normalized spacial score (nSPS) is 47.7. The zero-order valence-corrected chi connectivity index (χ0v) is 11.4. The summed E-state index contributed by atoms with van der Waals surface area (Å²) in [5.41, 5.74) is -1.42. The van der Waals surface area contributed by atoms with Gasteiger partial charge < -0.3 is 10.2 Å². The molecule has 5 fully saturated rings. The summed E-state index contributed by atoms with van der Waals surface area (Å²) in [4.78, 5) is 11.8. The zero-order valence-electron chi connectivity index (χ0n) is 11.4. The highest BCUT2D eigenvalue weighted by molar-refractivity contribution is 5.78. The van der Waals surface area contributed by atoms with Crippen LogP contribution in [-0.2, 0) is 4.79 Å². The van der Waals surface area contributed by atoms with Crippen LogP contribution in [0.5, 0.6) is 0 Å². The first-order valence-electron chi connectivity index (χ1n) is 8.04. The summed E-state index contributed by atoms with van der Waals surface area (Å²) < 4.78 is 0. The lowest BCUT2D eigenvalue weighted by Crippen LogP contribution is -2.62. The Balaban J connectivity index is 1.68. The zero-order chi connectivity index (χ0) is 13.2. The summed E-state index contributed by atoms with van der Waals surface area (Å²) in [7, 11) is 0. The van der Waals surface area contributed by atoms with Gasteiger partial charge in [-0.25, -0.2) is 4.79 Å². The average Bonchev–Trinajstić information content (AvgIpc) is 2.24. The smallest absolute Gasteiger partial charge is 0.336 e. The second-order valence-electron chi connectivity index (χ2n) is 7.71. The molecular formula is C16H24O3. The summed E-state index contributed by atoms with van der Waals surface area (Å²) in [5.74, 6) is 1.76. The molecule has 0 aromatic rings. The van der Waals surface area contributed by atoms with Crippen LogP contribution in [0, 0.1) is 35.5 Å². The average molecular weight is 264 g/mol. The minimum atomic E-state index is -1.42. The number of rotatable bonds is 3. The van der Waals surface area contributed by atoms with Gasteiger partial charge in [0.1, 0.15) is 0 Å².